The van der Waals surface area contributed by atoms with Gasteiger partial charge in [-0.1, -0.05) is 30.3 Å². The Balaban J connectivity index is 1.72. The van der Waals surface area contributed by atoms with E-state index in [1.54, 1.807) is 12.1 Å². The minimum Gasteiger partial charge on any atom is -0.493 e. The first kappa shape index (κ1) is 18.5. The molecule has 0 aliphatic rings. The Bertz CT molecular complexity index is 903. The van der Waals surface area contributed by atoms with Crippen LogP contribution in [0, 0.1) is 0 Å². The van der Waals surface area contributed by atoms with Crippen LogP contribution in [0.2, 0.25) is 0 Å². The van der Waals surface area contributed by atoms with Crippen LogP contribution in [0.5, 0.6) is 17.2 Å². The maximum absolute atomic E-state index is 12.5. The fourth-order valence-corrected chi connectivity index (χ4v) is 3.14. The monoisotopic (exact) mass is 385 g/mol. The maximum Gasteiger partial charge on any atom is 0.269 e. The van der Waals surface area contributed by atoms with E-state index in [9.17, 15) is 4.79 Å². The SMILES string of the molecule is COc1cc(C(=O)NNc2nc(-c3ccccc3)cs2)cc(OC)c1OC. The summed E-state index contributed by atoms with van der Waals surface area (Å²) in [6.07, 6.45) is 0. The molecule has 0 unspecified atom stereocenters. The van der Waals surface area contributed by atoms with Crippen molar-refractivity contribution in [3.63, 3.8) is 0 Å². The molecule has 140 valence electrons. The summed E-state index contributed by atoms with van der Waals surface area (Å²) < 4.78 is 15.8. The van der Waals surface area contributed by atoms with Crippen molar-refractivity contribution in [2.45, 2.75) is 0 Å². The van der Waals surface area contributed by atoms with Crippen LogP contribution >= 0.6 is 11.3 Å². The fraction of sp³-hybridized carbons (Fsp3) is 0.158. The van der Waals surface area contributed by atoms with Crippen LogP contribution in [0.3, 0.4) is 0 Å². The molecule has 7 nitrogen and oxygen atoms in total. The molecule has 0 aliphatic heterocycles. The minimum atomic E-state index is -0.356. The molecule has 0 aliphatic carbocycles. The molecule has 0 bridgehead atoms. The number of hydrogen-bond donors (Lipinski definition) is 2. The van der Waals surface area contributed by atoms with Crippen LogP contribution in [-0.2, 0) is 0 Å². The van der Waals surface area contributed by atoms with Gasteiger partial charge in [-0.2, -0.15) is 0 Å². The number of methoxy groups -OCH3 is 3. The van der Waals surface area contributed by atoms with Gasteiger partial charge in [0.1, 0.15) is 0 Å². The van der Waals surface area contributed by atoms with Gasteiger partial charge in [0, 0.05) is 16.5 Å². The summed E-state index contributed by atoms with van der Waals surface area (Å²) in [5.41, 5.74) is 7.67. The smallest absolute Gasteiger partial charge is 0.269 e. The molecule has 2 aromatic carbocycles. The molecule has 2 N–H and O–H groups in total. The second kappa shape index (κ2) is 8.41. The van der Waals surface area contributed by atoms with Gasteiger partial charge >= 0.3 is 0 Å². The molecule has 27 heavy (non-hydrogen) atoms. The van der Waals surface area contributed by atoms with Crippen LogP contribution in [0.25, 0.3) is 11.3 Å². The lowest BCUT2D eigenvalue weighted by molar-refractivity contribution is 0.0962. The zero-order chi connectivity index (χ0) is 19.2. The summed E-state index contributed by atoms with van der Waals surface area (Å²) in [5.74, 6) is 0.882. The van der Waals surface area contributed by atoms with Gasteiger partial charge in [-0.3, -0.25) is 15.6 Å². The zero-order valence-corrected chi connectivity index (χ0v) is 15.9. The predicted octanol–water partition coefficient (Wildman–Crippen LogP) is 3.59. The van der Waals surface area contributed by atoms with Crippen molar-refractivity contribution < 1.29 is 19.0 Å². The molecule has 0 fully saturated rings. The highest BCUT2D eigenvalue weighted by Crippen LogP contribution is 2.38. The van der Waals surface area contributed by atoms with Crippen molar-refractivity contribution >= 4 is 22.4 Å². The lowest BCUT2D eigenvalue weighted by Gasteiger charge is -2.14. The second-order valence-electron chi connectivity index (χ2n) is 5.40. The van der Waals surface area contributed by atoms with Gasteiger partial charge in [-0.25, -0.2) is 4.98 Å². The van der Waals surface area contributed by atoms with Crippen molar-refractivity contribution in [3.05, 3.63) is 53.4 Å². The van der Waals surface area contributed by atoms with E-state index < -0.39 is 0 Å². The number of ether oxygens (including phenoxy) is 3. The van der Waals surface area contributed by atoms with E-state index in [1.165, 1.54) is 32.7 Å². The van der Waals surface area contributed by atoms with Crippen molar-refractivity contribution in [2.75, 3.05) is 26.8 Å². The second-order valence-corrected chi connectivity index (χ2v) is 6.26. The molecule has 1 heterocycles. The molecule has 0 atom stereocenters. The molecular weight excluding hydrogens is 366 g/mol. The third-order valence-corrected chi connectivity index (χ3v) is 4.54. The van der Waals surface area contributed by atoms with Crippen LogP contribution in [0.1, 0.15) is 10.4 Å². The normalized spacial score (nSPS) is 10.2. The van der Waals surface area contributed by atoms with E-state index in [1.807, 2.05) is 35.7 Å². The molecule has 8 heteroatoms. The number of benzene rings is 2. The van der Waals surface area contributed by atoms with E-state index in [0.717, 1.165) is 11.3 Å². The van der Waals surface area contributed by atoms with Gasteiger partial charge in [0.2, 0.25) is 10.9 Å². The molecule has 3 rings (SSSR count). The van der Waals surface area contributed by atoms with Crippen LogP contribution in [0.4, 0.5) is 5.13 Å². The lowest BCUT2D eigenvalue weighted by Crippen LogP contribution is -2.29. The van der Waals surface area contributed by atoms with Crippen molar-refractivity contribution in [1.82, 2.24) is 10.4 Å². The van der Waals surface area contributed by atoms with Crippen LogP contribution in [-0.4, -0.2) is 32.2 Å². The third-order valence-electron chi connectivity index (χ3n) is 3.78. The average Bonchev–Trinajstić information content (AvgIpc) is 3.20. The van der Waals surface area contributed by atoms with Gasteiger partial charge in [-0.05, 0) is 12.1 Å². The standard InChI is InChI=1S/C19H19N3O4S/c1-24-15-9-13(10-16(25-2)17(15)26-3)18(23)21-22-19-20-14(11-27-19)12-7-5-4-6-8-12/h4-11H,1-3H3,(H,20,22)(H,21,23). The summed E-state index contributed by atoms with van der Waals surface area (Å²) in [4.78, 5) is 16.9. The molecule has 0 spiro atoms. The number of thiazole rings is 1. The van der Waals surface area contributed by atoms with Gasteiger partial charge in [0.15, 0.2) is 11.5 Å². The summed E-state index contributed by atoms with van der Waals surface area (Å²) in [6, 6.07) is 13.0. The number of carbonyl (C=O) groups is 1. The molecule has 0 saturated carbocycles. The highest BCUT2D eigenvalue weighted by Gasteiger charge is 2.17. The topological polar surface area (TPSA) is 81.7 Å². The molecule has 3 aromatic rings. The maximum atomic E-state index is 12.5. The number of nitrogens with one attached hydrogen (secondary N) is 2. The summed E-state index contributed by atoms with van der Waals surface area (Å²) in [7, 11) is 4.50. The highest BCUT2D eigenvalue weighted by molar-refractivity contribution is 7.14. The largest absolute Gasteiger partial charge is 0.493 e. The first-order valence-electron chi connectivity index (χ1n) is 8.03. The fourth-order valence-electron chi connectivity index (χ4n) is 2.47. The number of aromatic nitrogens is 1. The Morgan fingerprint density at radius 2 is 1.67 bits per heavy atom. The summed E-state index contributed by atoms with van der Waals surface area (Å²) in [6.45, 7) is 0. The molecule has 1 amide bonds. The summed E-state index contributed by atoms with van der Waals surface area (Å²) in [5, 5.41) is 2.50. The van der Waals surface area contributed by atoms with Crippen LogP contribution in [0.15, 0.2) is 47.8 Å². The van der Waals surface area contributed by atoms with Crippen molar-refractivity contribution in [1.29, 1.82) is 0 Å². The Morgan fingerprint density at radius 3 is 2.26 bits per heavy atom. The molecular formula is C19H19N3O4S. The highest BCUT2D eigenvalue weighted by atomic mass is 32.1. The minimum absolute atomic E-state index is 0.356. The Hall–Kier alpha value is -3.26. The number of hydrogen-bond acceptors (Lipinski definition) is 7. The van der Waals surface area contributed by atoms with E-state index in [4.69, 9.17) is 14.2 Å². The third kappa shape index (κ3) is 4.12. The van der Waals surface area contributed by atoms with E-state index in [-0.39, 0.29) is 5.91 Å². The van der Waals surface area contributed by atoms with Gasteiger partial charge < -0.3 is 14.2 Å². The average molecular weight is 385 g/mol. The molecule has 0 saturated heterocycles. The molecule has 1 aromatic heterocycles. The molecule has 0 radical (unpaired) electrons. The van der Waals surface area contributed by atoms with Gasteiger partial charge in [0.25, 0.3) is 5.91 Å². The van der Waals surface area contributed by atoms with Gasteiger partial charge in [-0.15, -0.1) is 11.3 Å². The first-order chi connectivity index (χ1) is 13.2. The van der Waals surface area contributed by atoms with E-state index >= 15 is 0 Å². The number of nitrogens with zero attached hydrogens (tertiary/aromatic N) is 1. The Labute approximate surface area is 160 Å². The number of amides is 1. The summed E-state index contributed by atoms with van der Waals surface area (Å²) >= 11 is 1.40. The number of rotatable bonds is 7. The quantitative estimate of drug-likeness (QED) is 0.605. The number of hydrazine groups is 1. The van der Waals surface area contributed by atoms with E-state index in [2.05, 4.69) is 15.8 Å². The first-order valence-corrected chi connectivity index (χ1v) is 8.91. The Kier molecular flexibility index (Phi) is 5.77. The van der Waals surface area contributed by atoms with E-state index in [0.29, 0.717) is 27.9 Å². The van der Waals surface area contributed by atoms with Crippen molar-refractivity contribution in [2.24, 2.45) is 0 Å². The zero-order valence-electron chi connectivity index (χ0n) is 15.1. The number of carbonyl (C=O) groups excluding carboxylic acids is 1. The van der Waals surface area contributed by atoms with Crippen molar-refractivity contribution in [3.8, 4) is 28.5 Å². The van der Waals surface area contributed by atoms with Crippen LogP contribution < -0.4 is 25.1 Å². The Morgan fingerprint density at radius 1 is 1.00 bits per heavy atom. The predicted molar refractivity (Wildman–Crippen MR) is 105 cm³/mol. The lowest BCUT2D eigenvalue weighted by atomic mass is 10.1. The number of anilines is 1. The van der Waals surface area contributed by atoms with Gasteiger partial charge in [0.05, 0.1) is 27.0 Å².